The Labute approximate surface area is 117 Å². The maximum atomic E-state index is 4.64. The van der Waals surface area contributed by atoms with Crippen LogP contribution in [-0.4, -0.2) is 15.8 Å². The number of hydrogen-bond acceptors (Lipinski definition) is 3. The number of benzene rings is 1. The van der Waals surface area contributed by atoms with E-state index in [1.165, 1.54) is 5.70 Å². The Morgan fingerprint density at radius 1 is 1.29 bits per heavy atom. The van der Waals surface area contributed by atoms with Crippen molar-refractivity contribution < 1.29 is 4.68 Å². The normalized spacial score (nSPS) is 16.2. The van der Waals surface area contributed by atoms with Gasteiger partial charge in [0.05, 0.1) is 5.75 Å². The molecule has 1 aliphatic heterocycles. The van der Waals surface area contributed by atoms with Crippen molar-refractivity contribution in [3.63, 3.8) is 0 Å². The van der Waals surface area contributed by atoms with Crippen molar-refractivity contribution in [1.29, 1.82) is 0 Å². The van der Waals surface area contributed by atoms with E-state index in [-0.39, 0.29) is 0 Å². The molecule has 0 radical (unpaired) electrons. The van der Waals surface area contributed by atoms with Crippen LogP contribution in [0.15, 0.2) is 45.8 Å². The van der Waals surface area contributed by atoms with Crippen molar-refractivity contribution in [2.45, 2.75) is 5.16 Å². The molecule has 0 aliphatic carbocycles. The van der Waals surface area contributed by atoms with Crippen LogP contribution in [0.3, 0.4) is 0 Å². The summed E-state index contributed by atoms with van der Waals surface area (Å²) in [5, 5.41) is 5.42. The molecule has 1 aliphatic rings. The topological polar surface area (TPSA) is 29.7 Å². The Hall–Kier alpha value is -0.950. The fourth-order valence-electron chi connectivity index (χ4n) is 1.66. The molecule has 17 heavy (non-hydrogen) atoms. The molecule has 0 bridgehead atoms. The van der Waals surface area contributed by atoms with Crippen molar-refractivity contribution in [2.75, 3.05) is 5.75 Å². The summed E-state index contributed by atoms with van der Waals surface area (Å²) in [5.41, 5.74) is 3.23. The first-order valence-electron chi connectivity index (χ1n) is 5.16. The van der Waals surface area contributed by atoms with E-state index in [9.17, 15) is 0 Å². The fraction of sp³-hybridized carbons (Fsp3) is 0.0833. The number of halogens is 1. The molecule has 0 atom stereocenters. The highest BCUT2D eigenvalue weighted by Crippen LogP contribution is 2.25. The molecule has 0 N–H and O–H groups in total. The van der Waals surface area contributed by atoms with Gasteiger partial charge in [-0.3, -0.25) is 0 Å². The number of fused-ring (bicyclic) bond motifs is 1. The molecular formula is C12H9IN3S+. The summed E-state index contributed by atoms with van der Waals surface area (Å²) in [7, 11) is 0. The van der Waals surface area contributed by atoms with Crippen molar-refractivity contribution in [3.8, 4) is 11.3 Å². The minimum absolute atomic E-state index is 0.930. The molecule has 3 nitrogen and oxygen atoms in total. The number of nitrogens with zero attached hydrogens (tertiary/aromatic N) is 3. The second-order valence-electron chi connectivity index (χ2n) is 3.59. The molecular weight excluding hydrogens is 345 g/mol. The Balaban J connectivity index is 2.07. The second-order valence-corrected chi connectivity index (χ2v) is 5.16. The maximum Gasteiger partial charge on any atom is 0.386 e. The van der Waals surface area contributed by atoms with Gasteiger partial charge in [-0.1, -0.05) is 40.1 Å². The third kappa shape index (κ3) is 2.09. The summed E-state index contributed by atoms with van der Waals surface area (Å²) < 4.78 is 3.96. The lowest BCUT2D eigenvalue weighted by molar-refractivity contribution is -0.684. The zero-order valence-corrected chi connectivity index (χ0v) is 11.9. The van der Waals surface area contributed by atoms with Crippen molar-refractivity contribution in [1.82, 2.24) is 10.1 Å². The van der Waals surface area contributed by atoms with E-state index < -0.39 is 0 Å². The minimum atomic E-state index is 0.930. The van der Waals surface area contributed by atoms with E-state index in [4.69, 9.17) is 0 Å². The quantitative estimate of drug-likeness (QED) is 0.583. The van der Waals surface area contributed by atoms with Crippen LogP contribution < -0.4 is 4.68 Å². The molecule has 5 heteroatoms. The Morgan fingerprint density at radius 2 is 2.12 bits per heavy atom. The number of hydrogen-bond donors (Lipinski definition) is 0. The van der Waals surface area contributed by atoms with E-state index >= 15 is 0 Å². The van der Waals surface area contributed by atoms with Crippen LogP contribution in [-0.2, 0) is 0 Å². The molecule has 84 valence electrons. The minimum Gasteiger partial charge on any atom is -0.0910 e. The number of rotatable bonds is 1. The van der Waals surface area contributed by atoms with Gasteiger partial charge in [0.1, 0.15) is 6.20 Å². The van der Waals surface area contributed by atoms with Gasteiger partial charge in [-0.15, -0.1) is 0 Å². The van der Waals surface area contributed by atoms with Gasteiger partial charge in [0.2, 0.25) is 5.69 Å². The van der Waals surface area contributed by atoms with E-state index in [0.29, 0.717) is 0 Å². The molecule has 1 aromatic carbocycles. The van der Waals surface area contributed by atoms with Gasteiger partial charge in [0, 0.05) is 9.65 Å². The van der Waals surface area contributed by atoms with Crippen molar-refractivity contribution in [2.24, 2.45) is 0 Å². The zero-order chi connectivity index (χ0) is 11.7. The highest BCUT2D eigenvalue weighted by molar-refractivity contribution is 14.1. The first-order chi connectivity index (χ1) is 8.38. The molecule has 2 aromatic rings. The monoisotopic (exact) mass is 354 g/mol. The summed E-state index contributed by atoms with van der Waals surface area (Å²) in [6, 6.07) is 10.1. The summed E-state index contributed by atoms with van der Waals surface area (Å²) in [6.45, 7) is 0. The van der Waals surface area contributed by atoms with Crippen LogP contribution >= 0.6 is 34.4 Å². The first kappa shape index (κ1) is 11.2. The largest absolute Gasteiger partial charge is 0.386 e. The van der Waals surface area contributed by atoms with Crippen LogP contribution in [0.4, 0.5) is 0 Å². The fourth-order valence-corrected chi connectivity index (χ4v) is 3.37. The molecule has 0 saturated carbocycles. The molecule has 2 heterocycles. The standard InChI is InChI=1S/C12H9IN3S/c13-6-10-8-17-12-15-11(7-14-16(10)12)9-4-2-1-3-5-9/h1-7H,8H2/q+1/b10-6+. The van der Waals surface area contributed by atoms with Crippen molar-refractivity contribution in [3.05, 3.63) is 40.6 Å². The Bertz CT molecular complexity index is 584. The van der Waals surface area contributed by atoms with E-state index in [1.807, 2.05) is 29.1 Å². The Kier molecular flexibility index (Phi) is 3.11. The third-order valence-corrected chi connectivity index (χ3v) is 4.19. The summed E-state index contributed by atoms with van der Waals surface area (Å²) in [5.74, 6) is 0.946. The molecule has 0 spiro atoms. The predicted octanol–water partition coefficient (Wildman–Crippen LogP) is 2.77. The van der Waals surface area contributed by atoms with Gasteiger partial charge in [0.25, 0.3) is 0 Å². The molecule has 1 aromatic heterocycles. The SMILES string of the molecule is I/C=C1\CSc2nc(-c3ccccc3)cn[n+]21. The molecule has 0 fully saturated rings. The first-order valence-corrected chi connectivity index (χ1v) is 7.39. The van der Waals surface area contributed by atoms with Gasteiger partial charge in [-0.25, -0.2) is 0 Å². The zero-order valence-electron chi connectivity index (χ0n) is 8.88. The Morgan fingerprint density at radius 3 is 2.88 bits per heavy atom. The van der Waals surface area contributed by atoms with Crippen LogP contribution in [0, 0.1) is 0 Å². The lowest BCUT2D eigenvalue weighted by atomic mass is 10.2. The van der Waals surface area contributed by atoms with Crippen LogP contribution in [0.25, 0.3) is 17.0 Å². The van der Waals surface area contributed by atoms with E-state index in [2.05, 4.69) is 48.9 Å². The predicted molar refractivity (Wildman–Crippen MR) is 76.7 cm³/mol. The number of aromatic nitrogens is 3. The average molecular weight is 354 g/mol. The maximum absolute atomic E-state index is 4.64. The highest BCUT2D eigenvalue weighted by atomic mass is 127. The summed E-state index contributed by atoms with van der Waals surface area (Å²) >= 11 is 3.97. The van der Waals surface area contributed by atoms with Gasteiger partial charge < -0.3 is 0 Å². The second kappa shape index (κ2) is 4.73. The van der Waals surface area contributed by atoms with E-state index in [0.717, 1.165) is 22.2 Å². The van der Waals surface area contributed by atoms with Crippen LogP contribution in [0.2, 0.25) is 0 Å². The van der Waals surface area contributed by atoms with Gasteiger partial charge in [-0.2, -0.15) is 0 Å². The van der Waals surface area contributed by atoms with Gasteiger partial charge in [0.15, 0.2) is 5.70 Å². The third-order valence-electron chi connectivity index (χ3n) is 2.51. The lowest BCUT2D eigenvalue weighted by Gasteiger charge is -1.95. The van der Waals surface area contributed by atoms with E-state index in [1.54, 1.807) is 11.8 Å². The summed E-state index contributed by atoms with van der Waals surface area (Å²) in [4.78, 5) is 4.64. The van der Waals surface area contributed by atoms with Crippen LogP contribution in [0.5, 0.6) is 0 Å². The molecule has 0 saturated heterocycles. The molecule has 0 amide bonds. The lowest BCUT2D eigenvalue weighted by Crippen LogP contribution is -2.36. The van der Waals surface area contributed by atoms with Gasteiger partial charge in [-0.05, 0) is 39.3 Å². The molecule has 3 rings (SSSR count). The highest BCUT2D eigenvalue weighted by Gasteiger charge is 2.28. The van der Waals surface area contributed by atoms with Crippen LogP contribution in [0.1, 0.15) is 0 Å². The molecule has 0 unspecified atom stereocenters. The van der Waals surface area contributed by atoms with Crippen molar-refractivity contribution >= 4 is 40.0 Å². The van der Waals surface area contributed by atoms with Gasteiger partial charge >= 0.3 is 5.16 Å². The summed E-state index contributed by atoms with van der Waals surface area (Å²) in [6.07, 6.45) is 1.82. The smallest absolute Gasteiger partial charge is 0.0910 e. The average Bonchev–Trinajstić information content (AvgIpc) is 2.81. The number of thioether (sulfide) groups is 1.